The molecule has 0 radical (unpaired) electrons. The second-order valence-corrected chi connectivity index (χ2v) is 8.04. The molecule has 1 atom stereocenters. The molecule has 0 spiro atoms. The first kappa shape index (κ1) is 16.7. The van der Waals surface area contributed by atoms with Crippen LogP contribution in [0, 0.1) is 5.92 Å². The fourth-order valence-corrected chi connectivity index (χ4v) is 4.82. The van der Waals surface area contributed by atoms with Crippen LogP contribution in [0.5, 0.6) is 0 Å². The molecule has 2 fully saturated rings. The minimum atomic E-state index is -3.52. The van der Waals surface area contributed by atoms with E-state index in [1.807, 2.05) is 6.92 Å². The summed E-state index contributed by atoms with van der Waals surface area (Å²) in [6.07, 6.45) is 2.37. The topological polar surface area (TPSA) is 87.2 Å². The van der Waals surface area contributed by atoms with Crippen LogP contribution < -0.4 is 0 Å². The molecule has 2 saturated heterocycles. The van der Waals surface area contributed by atoms with Crippen molar-refractivity contribution in [2.75, 3.05) is 33.3 Å². The highest BCUT2D eigenvalue weighted by Crippen LogP contribution is 2.28. The molecule has 1 unspecified atom stereocenters. The monoisotopic (exact) mass is 320 g/mol. The van der Waals surface area contributed by atoms with Crippen LogP contribution in [0.3, 0.4) is 0 Å². The maximum Gasteiger partial charge on any atom is 0.306 e. The smallest absolute Gasteiger partial charge is 0.306 e. The lowest BCUT2D eigenvalue weighted by molar-refractivity contribution is -0.142. The average molecular weight is 320 g/mol. The van der Waals surface area contributed by atoms with Crippen LogP contribution in [0.2, 0.25) is 0 Å². The standard InChI is InChI=1S/C13H24N2O5S/c1-13(20-2)6-3-7-15(10-13)21(18,19)14-8-4-11(5-9-14)12(16)17/h11H,3-10H2,1-2H3,(H,16,17). The van der Waals surface area contributed by atoms with Gasteiger partial charge in [-0.05, 0) is 32.6 Å². The fraction of sp³-hybridized carbons (Fsp3) is 0.923. The highest BCUT2D eigenvalue weighted by Gasteiger charge is 2.40. The summed E-state index contributed by atoms with van der Waals surface area (Å²) in [5.41, 5.74) is -0.440. The Kier molecular flexibility index (Phi) is 4.92. The predicted octanol–water partition coefficient (Wildman–Crippen LogP) is 0.529. The summed E-state index contributed by atoms with van der Waals surface area (Å²) < 4.78 is 33.7. The molecule has 0 aliphatic carbocycles. The molecule has 0 amide bonds. The summed E-state index contributed by atoms with van der Waals surface area (Å²) in [5.74, 6) is -1.26. The Morgan fingerprint density at radius 3 is 2.38 bits per heavy atom. The number of methoxy groups -OCH3 is 1. The van der Waals surface area contributed by atoms with Crippen molar-refractivity contribution >= 4 is 16.2 Å². The van der Waals surface area contributed by atoms with Crippen molar-refractivity contribution < 1.29 is 23.1 Å². The first-order valence-electron chi connectivity index (χ1n) is 7.32. The number of carboxylic acids is 1. The van der Waals surface area contributed by atoms with Gasteiger partial charge in [-0.3, -0.25) is 4.79 Å². The summed E-state index contributed by atoms with van der Waals surface area (Å²) >= 11 is 0. The maximum atomic E-state index is 12.7. The summed E-state index contributed by atoms with van der Waals surface area (Å²) in [6.45, 7) is 3.33. The quantitative estimate of drug-likeness (QED) is 0.816. The molecule has 1 N–H and O–H groups in total. The van der Waals surface area contributed by atoms with Gasteiger partial charge in [0.15, 0.2) is 0 Å². The largest absolute Gasteiger partial charge is 0.481 e. The van der Waals surface area contributed by atoms with E-state index in [2.05, 4.69) is 0 Å². The molecule has 122 valence electrons. The Morgan fingerprint density at radius 2 is 1.86 bits per heavy atom. The second-order valence-electron chi connectivity index (χ2n) is 6.11. The van der Waals surface area contributed by atoms with E-state index in [1.54, 1.807) is 7.11 Å². The molecule has 0 aromatic carbocycles. The number of carbonyl (C=O) groups is 1. The van der Waals surface area contributed by atoms with Crippen LogP contribution in [-0.2, 0) is 19.7 Å². The SMILES string of the molecule is COC1(C)CCCN(S(=O)(=O)N2CCC(C(=O)O)CC2)C1. The number of hydrogen-bond acceptors (Lipinski definition) is 4. The van der Waals surface area contributed by atoms with Gasteiger partial charge in [0.2, 0.25) is 0 Å². The Balaban J connectivity index is 2.03. The molecule has 0 saturated carbocycles. The van der Waals surface area contributed by atoms with Gasteiger partial charge in [-0.15, -0.1) is 0 Å². The van der Waals surface area contributed by atoms with E-state index in [9.17, 15) is 13.2 Å². The minimum Gasteiger partial charge on any atom is -0.481 e. The lowest BCUT2D eigenvalue weighted by Gasteiger charge is -2.41. The van der Waals surface area contributed by atoms with Crippen LogP contribution in [0.25, 0.3) is 0 Å². The normalized spacial score (nSPS) is 30.4. The maximum absolute atomic E-state index is 12.7. The minimum absolute atomic E-state index is 0.277. The lowest BCUT2D eigenvalue weighted by atomic mass is 9.96. The van der Waals surface area contributed by atoms with Gasteiger partial charge in [-0.1, -0.05) is 0 Å². The van der Waals surface area contributed by atoms with Gasteiger partial charge in [0, 0.05) is 33.3 Å². The lowest BCUT2D eigenvalue weighted by Crippen LogP contribution is -2.55. The summed E-state index contributed by atoms with van der Waals surface area (Å²) in [4.78, 5) is 10.9. The van der Waals surface area contributed by atoms with Crippen LogP contribution in [-0.4, -0.2) is 67.0 Å². The number of aliphatic carboxylic acids is 1. The van der Waals surface area contributed by atoms with Gasteiger partial charge in [0.25, 0.3) is 10.2 Å². The zero-order valence-electron chi connectivity index (χ0n) is 12.6. The molecule has 2 aliphatic rings. The number of hydrogen-bond donors (Lipinski definition) is 1. The van der Waals surface area contributed by atoms with Gasteiger partial charge in [0.05, 0.1) is 11.5 Å². The Labute approximate surface area is 126 Å². The van der Waals surface area contributed by atoms with Gasteiger partial charge < -0.3 is 9.84 Å². The third-order valence-electron chi connectivity index (χ3n) is 4.57. The van der Waals surface area contributed by atoms with Gasteiger partial charge in [0.1, 0.15) is 0 Å². The number of nitrogens with zero attached hydrogens (tertiary/aromatic N) is 2. The third kappa shape index (κ3) is 3.56. The highest BCUT2D eigenvalue weighted by molar-refractivity contribution is 7.86. The molecule has 2 heterocycles. The number of carboxylic acid groups (broad SMARTS) is 1. The van der Waals surface area contributed by atoms with Crippen molar-refractivity contribution in [2.24, 2.45) is 5.92 Å². The number of ether oxygens (including phenoxy) is 1. The van der Waals surface area contributed by atoms with Gasteiger partial charge >= 0.3 is 5.97 Å². The van der Waals surface area contributed by atoms with E-state index in [4.69, 9.17) is 9.84 Å². The van der Waals surface area contributed by atoms with E-state index >= 15 is 0 Å². The predicted molar refractivity (Wildman–Crippen MR) is 77.1 cm³/mol. The van der Waals surface area contributed by atoms with E-state index in [1.165, 1.54) is 8.61 Å². The zero-order valence-corrected chi connectivity index (χ0v) is 13.4. The van der Waals surface area contributed by atoms with Gasteiger partial charge in [-0.25, -0.2) is 0 Å². The van der Waals surface area contributed by atoms with Crippen molar-refractivity contribution in [3.8, 4) is 0 Å². The first-order valence-corrected chi connectivity index (χ1v) is 8.71. The first-order chi connectivity index (χ1) is 9.78. The molecular formula is C13H24N2O5S. The van der Waals surface area contributed by atoms with Crippen molar-refractivity contribution in [1.29, 1.82) is 0 Å². The van der Waals surface area contributed by atoms with E-state index in [-0.39, 0.29) is 13.1 Å². The number of rotatable bonds is 4. The summed E-state index contributed by atoms with van der Waals surface area (Å²) in [6, 6.07) is 0. The molecule has 21 heavy (non-hydrogen) atoms. The molecule has 8 heteroatoms. The number of piperidine rings is 2. The van der Waals surface area contributed by atoms with E-state index in [0.29, 0.717) is 25.9 Å². The van der Waals surface area contributed by atoms with Crippen LogP contribution in [0.1, 0.15) is 32.6 Å². The molecule has 0 aromatic heterocycles. The summed E-state index contributed by atoms with van der Waals surface area (Å²) in [5, 5.41) is 8.98. The molecule has 2 aliphatic heterocycles. The molecular weight excluding hydrogens is 296 g/mol. The molecule has 7 nitrogen and oxygen atoms in total. The summed E-state index contributed by atoms with van der Waals surface area (Å²) in [7, 11) is -1.92. The molecule has 0 bridgehead atoms. The Hall–Kier alpha value is -0.700. The van der Waals surface area contributed by atoms with Crippen molar-refractivity contribution in [3.63, 3.8) is 0 Å². The van der Waals surface area contributed by atoms with Crippen LogP contribution in [0.15, 0.2) is 0 Å². The van der Waals surface area contributed by atoms with Crippen LogP contribution in [0.4, 0.5) is 0 Å². The second kappa shape index (κ2) is 6.20. The fourth-order valence-electron chi connectivity index (χ4n) is 3.02. The van der Waals surface area contributed by atoms with Crippen LogP contribution >= 0.6 is 0 Å². The van der Waals surface area contributed by atoms with Crippen molar-refractivity contribution in [3.05, 3.63) is 0 Å². The average Bonchev–Trinajstić information content (AvgIpc) is 2.47. The van der Waals surface area contributed by atoms with Crippen molar-refractivity contribution in [2.45, 2.75) is 38.2 Å². The Bertz CT molecular complexity index is 487. The van der Waals surface area contributed by atoms with Crippen molar-refractivity contribution in [1.82, 2.24) is 8.61 Å². The highest BCUT2D eigenvalue weighted by atomic mass is 32.2. The van der Waals surface area contributed by atoms with E-state index in [0.717, 1.165) is 12.8 Å². The molecule has 2 rings (SSSR count). The molecule has 0 aromatic rings. The Morgan fingerprint density at radius 1 is 1.24 bits per heavy atom. The van der Waals surface area contributed by atoms with E-state index < -0.39 is 27.7 Å². The zero-order chi connectivity index (χ0) is 15.7. The van der Waals surface area contributed by atoms with Gasteiger partial charge in [-0.2, -0.15) is 17.0 Å². The third-order valence-corrected chi connectivity index (χ3v) is 6.55.